The van der Waals surface area contributed by atoms with Gasteiger partial charge in [-0.1, -0.05) is 0 Å². The number of aromatic nitrogens is 1. The molecule has 2 rings (SSSR count). The van der Waals surface area contributed by atoms with Crippen LogP contribution < -0.4 is 5.32 Å². The Morgan fingerprint density at radius 3 is 3.00 bits per heavy atom. The first-order valence-corrected chi connectivity index (χ1v) is 6.36. The van der Waals surface area contributed by atoms with E-state index in [0.717, 1.165) is 26.0 Å². The van der Waals surface area contributed by atoms with Crippen molar-refractivity contribution in [1.82, 2.24) is 10.3 Å². The fourth-order valence-electron chi connectivity index (χ4n) is 1.82. The molecule has 0 aromatic carbocycles. The largest absolute Gasteiger partial charge is 0.378 e. The average molecular weight is 226 g/mol. The Hall–Kier alpha value is -0.450. The molecule has 1 aromatic rings. The molecular formula is C11H18N2OS. The van der Waals surface area contributed by atoms with Crippen LogP contribution in [-0.2, 0) is 11.3 Å². The lowest BCUT2D eigenvalue weighted by Gasteiger charge is -2.35. The summed E-state index contributed by atoms with van der Waals surface area (Å²) in [7, 11) is 0. The normalized spacial score (nSPS) is 25.2. The van der Waals surface area contributed by atoms with Crippen LogP contribution in [0.2, 0.25) is 0 Å². The van der Waals surface area contributed by atoms with Crippen molar-refractivity contribution in [3.8, 4) is 0 Å². The quantitative estimate of drug-likeness (QED) is 0.835. The second-order valence-electron chi connectivity index (χ2n) is 3.99. The summed E-state index contributed by atoms with van der Waals surface area (Å²) in [4.78, 5) is 5.61. The molecule has 0 unspecified atom stereocenters. The highest BCUT2D eigenvalue weighted by Gasteiger charge is 2.28. The van der Waals surface area contributed by atoms with Gasteiger partial charge in [0, 0.05) is 30.3 Å². The number of hydrogen-bond acceptors (Lipinski definition) is 4. The molecule has 0 bridgehead atoms. The fourth-order valence-corrected chi connectivity index (χ4v) is 2.56. The van der Waals surface area contributed by atoms with Crippen LogP contribution in [0.3, 0.4) is 0 Å². The highest BCUT2D eigenvalue weighted by molar-refractivity contribution is 7.11. The average Bonchev–Trinajstić information content (AvgIpc) is 2.55. The second-order valence-corrected chi connectivity index (χ2v) is 5.31. The zero-order chi connectivity index (χ0) is 10.7. The van der Waals surface area contributed by atoms with E-state index >= 15 is 0 Å². The molecule has 15 heavy (non-hydrogen) atoms. The van der Waals surface area contributed by atoms with Gasteiger partial charge in [0.2, 0.25) is 0 Å². The van der Waals surface area contributed by atoms with E-state index in [1.165, 1.54) is 9.88 Å². The van der Waals surface area contributed by atoms with Gasteiger partial charge in [0.25, 0.3) is 0 Å². The van der Waals surface area contributed by atoms with E-state index in [2.05, 4.69) is 24.1 Å². The van der Waals surface area contributed by atoms with Crippen molar-refractivity contribution in [2.24, 2.45) is 0 Å². The SMILES string of the molecule is CCOC1CC(NCc2ncc(C)s2)C1. The predicted molar refractivity (Wildman–Crippen MR) is 62.1 cm³/mol. The summed E-state index contributed by atoms with van der Waals surface area (Å²) in [5.41, 5.74) is 0. The van der Waals surface area contributed by atoms with E-state index in [1.807, 2.05) is 6.20 Å². The Morgan fingerprint density at radius 1 is 1.60 bits per heavy atom. The maximum atomic E-state index is 5.51. The van der Waals surface area contributed by atoms with Crippen molar-refractivity contribution in [3.63, 3.8) is 0 Å². The zero-order valence-electron chi connectivity index (χ0n) is 9.32. The number of nitrogens with zero attached hydrogens (tertiary/aromatic N) is 1. The Balaban J connectivity index is 1.64. The van der Waals surface area contributed by atoms with Crippen molar-refractivity contribution in [2.75, 3.05) is 6.61 Å². The number of nitrogens with one attached hydrogen (secondary N) is 1. The summed E-state index contributed by atoms with van der Waals surface area (Å²) in [5, 5.41) is 4.69. The van der Waals surface area contributed by atoms with Crippen LogP contribution in [-0.4, -0.2) is 23.7 Å². The van der Waals surface area contributed by atoms with Crippen LogP contribution in [0.1, 0.15) is 29.7 Å². The van der Waals surface area contributed by atoms with Crippen molar-refractivity contribution < 1.29 is 4.74 Å². The minimum atomic E-state index is 0.491. The van der Waals surface area contributed by atoms with Crippen LogP contribution in [0, 0.1) is 6.92 Å². The van der Waals surface area contributed by atoms with Gasteiger partial charge in [0.1, 0.15) is 5.01 Å². The molecule has 0 aliphatic heterocycles. The maximum absolute atomic E-state index is 5.51. The molecule has 1 fully saturated rings. The van der Waals surface area contributed by atoms with Crippen molar-refractivity contribution in [1.29, 1.82) is 0 Å². The first-order valence-electron chi connectivity index (χ1n) is 5.54. The van der Waals surface area contributed by atoms with Crippen molar-refractivity contribution in [2.45, 2.75) is 45.4 Å². The molecule has 1 aliphatic carbocycles. The summed E-state index contributed by atoms with van der Waals surface area (Å²) in [6.45, 7) is 5.89. The van der Waals surface area contributed by atoms with E-state index in [1.54, 1.807) is 11.3 Å². The third kappa shape index (κ3) is 3.00. The maximum Gasteiger partial charge on any atom is 0.107 e. The van der Waals surface area contributed by atoms with Crippen LogP contribution in [0.15, 0.2) is 6.20 Å². The summed E-state index contributed by atoms with van der Waals surface area (Å²) in [6.07, 6.45) is 4.73. The molecule has 1 N–H and O–H groups in total. The number of hydrogen-bond donors (Lipinski definition) is 1. The molecule has 1 saturated carbocycles. The minimum absolute atomic E-state index is 0.491. The molecule has 0 radical (unpaired) electrons. The molecule has 0 spiro atoms. The van der Waals surface area contributed by atoms with Gasteiger partial charge in [-0.3, -0.25) is 0 Å². The highest BCUT2D eigenvalue weighted by Crippen LogP contribution is 2.23. The Labute approximate surface area is 94.9 Å². The second kappa shape index (κ2) is 5.05. The van der Waals surface area contributed by atoms with Gasteiger partial charge in [-0.15, -0.1) is 11.3 Å². The molecular weight excluding hydrogens is 208 g/mol. The molecule has 0 saturated heterocycles. The monoisotopic (exact) mass is 226 g/mol. The van der Waals surface area contributed by atoms with Crippen LogP contribution >= 0.6 is 11.3 Å². The summed E-state index contributed by atoms with van der Waals surface area (Å²) >= 11 is 1.77. The van der Waals surface area contributed by atoms with Crippen molar-refractivity contribution >= 4 is 11.3 Å². The van der Waals surface area contributed by atoms with Gasteiger partial charge in [0.05, 0.1) is 6.10 Å². The third-order valence-corrected chi connectivity index (χ3v) is 3.62. The van der Waals surface area contributed by atoms with Gasteiger partial charge >= 0.3 is 0 Å². The Bertz CT molecular complexity index is 307. The number of thiazole rings is 1. The molecule has 1 aromatic heterocycles. The van der Waals surface area contributed by atoms with E-state index in [9.17, 15) is 0 Å². The standard InChI is InChI=1S/C11H18N2OS/c1-3-14-10-4-9(5-10)12-7-11-13-6-8(2)15-11/h6,9-10,12H,3-5,7H2,1-2H3. The molecule has 84 valence electrons. The lowest BCUT2D eigenvalue weighted by atomic mass is 9.89. The number of rotatable bonds is 5. The Morgan fingerprint density at radius 2 is 2.40 bits per heavy atom. The summed E-state index contributed by atoms with van der Waals surface area (Å²) in [5.74, 6) is 0. The molecule has 1 heterocycles. The molecule has 3 nitrogen and oxygen atoms in total. The topological polar surface area (TPSA) is 34.1 Å². The number of aryl methyl sites for hydroxylation is 1. The van der Waals surface area contributed by atoms with Gasteiger partial charge < -0.3 is 10.1 Å². The molecule has 4 heteroatoms. The van der Waals surface area contributed by atoms with Crippen LogP contribution in [0.5, 0.6) is 0 Å². The van der Waals surface area contributed by atoms with E-state index < -0.39 is 0 Å². The minimum Gasteiger partial charge on any atom is -0.378 e. The van der Waals surface area contributed by atoms with E-state index in [-0.39, 0.29) is 0 Å². The Kier molecular flexibility index (Phi) is 3.72. The smallest absolute Gasteiger partial charge is 0.107 e. The first kappa shape index (κ1) is 11.0. The van der Waals surface area contributed by atoms with Crippen molar-refractivity contribution in [3.05, 3.63) is 16.1 Å². The lowest BCUT2D eigenvalue weighted by Crippen LogP contribution is -2.45. The summed E-state index contributed by atoms with van der Waals surface area (Å²) < 4.78 is 5.51. The van der Waals surface area contributed by atoms with Gasteiger partial charge in [0.15, 0.2) is 0 Å². The van der Waals surface area contributed by atoms with Gasteiger partial charge in [-0.2, -0.15) is 0 Å². The van der Waals surface area contributed by atoms with E-state index in [4.69, 9.17) is 4.74 Å². The van der Waals surface area contributed by atoms with E-state index in [0.29, 0.717) is 12.1 Å². The van der Waals surface area contributed by atoms with Crippen LogP contribution in [0.4, 0.5) is 0 Å². The molecule has 1 aliphatic rings. The third-order valence-electron chi connectivity index (χ3n) is 2.71. The van der Waals surface area contributed by atoms with Gasteiger partial charge in [-0.05, 0) is 26.7 Å². The van der Waals surface area contributed by atoms with Gasteiger partial charge in [-0.25, -0.2) is 4.98 Å². The first-order chi connectivity index (χ1) is 7.28. The number of ether oxygens (including phenoxy) is 1. The lowest BCUT2D eigenvalue weighted by molar-refractivity contribution is -0.0102. The summed E-state index contributed by atoms with van der Waals surface area (Å²) in [6, 6.07) is 0.630. The predicted octanol–water partition coefficient (Wildman–Crippen LogP) is 2.11. The van der Waals surface area contributed by atoms with Crippen LogP contribution in [0.25, 0.3) is 0 Å². The zero-order valence-corrected chi connectivity index (χ0v) is 10.1. The highest BCUT2D eigenvalue weighted by atomic mass is 32.1. The molecule has 0 amide bonds. The fraction of sp³-hybridized carbons (Fsp3) is 0.727. The molecule has 0 atom stereocenters.